The van der Waals surface area contributed by atoms with Gasteiger partial charge in [-0.05, 0) is 77.0 Å². The van der Waals surface area contributed by atoms with Crippen molar-refractivity contribution >= 4 is 17.9 Å². The first-order chi connectivity index (χ1) is 28.0. The predicted molar refractivity (Wildman–Crippen MR) is 242 cm³/mol. The Labute approximate surface area is 351 Å². The molecule has 0 N–H and O–H groups in total. The molecule has 0 heterocycles. The second-order valence-electron chi connectivity index (χ2n) is 15.3. The van der Waals surface area contributed by atoms with E-state index in [-0.39, 0.29) is 37.5 Å². The van der Waals surface area contributed by atoms with Crippen molar-refractivity contribution in [3.63, 3.8) is 0 Å². The summed E-state index contributed by atoms with van der Waals surface area (Å²) in [6.45, 7) is 6.40. The molecule has 0 aromatic heterocycles. The molecule has 0 aliphatic rings. The SMILES string of the molecule is CC/C=C\C/C=C\C/C=C\C/C=C\C/C=C\CCCC(=O)OC[C@H](COC(=O)CCCCCCC/C=C\CCCC)OC(=O)CCCCCCCCCCCCC. The summed E-state index contributed by atoms with van der Waals surface area (Å²) >= 11 is 0. The zero-order valence-corrected chi connectivity index (χ0v) is 37.1. The lowest BCUT2D eigenvalue weighted by Gasteiger charge is -2.18. The molecule has 0 saturated carbocycles. The Balaban J connectivity index is 4.46. The molecule has 0 aliphatic carbocycles. The van der Waals surface area contributed by atoms with Gasteiger partial charge in [0.1, 0.15) is 13.2 Å². The fourth-order valence-corrected chi connectivity index (χ4v) is 6.16. The van der Waals surface area contributed by atoms with Crippen LogP contribution >= 0.6 is 0 Å². The van der Waals surface area contributed by atoms with Gasteiger partial charge in [-0.3, -0.25) is 14.4 Å². The zero-order valence-electron chi connectivity index (χ0n) is 37.1. The molecular weight excluding hydrogens is 709 g/mol. The van der Waals surface area contributed by atoms with Crippen LogP contribution < -0.4 is 0 Å². The highest BCUT2D eigenvalue weighted by Crippen LogP contribution is 2.14. The molecule has 1 atom stereocenters. The molecule has 0 aromatic carbocycles. The predicted octanol–water partition coefficient (Wildman–Crippen LogP) is 15.1. The van der Waals surface area contributed by atoms with E-state index in [1.54, 1.807) is 0 Å². The van der Waals surface area contributed by atoms with Gasteiger partial charge in [-0.15, -0.1) is 0 Å². The van der Waals surface area contributed by atoms with Crippen molar-refractivity contribution in [2.24, 2.45) is 0 Å². The number of hydrogen-bond donors (Lipinski definition) is 0. The second kappa shape index (κ2) is 45.6. The van der Waals surface area contributed by atoms with E-state index in [4.69, 9.17) is 14.2 Å². The van der Waals surface area contributed by atoms with E-state index >= 15 is 0 Å². The minimum absolute atomic E-state index is 0.0967. The molecule has 0 aliphatic heterocycles. The lowest BCUT2D eigenvalue weighted by molar-refractivity contribution is -0.167. The molecular formula is C51H86O6. The second-order valence-corrected chi connectivity index (χ2v) is 15.3. The molecule has 57 heavy (non-hydrogen) atoms. The van der Waals surface area contributed by atoms with Crippen LogP contribution in [-0.4, -0.2) is 37.2 Å². The quantitative estimate of drug-likeness (QED) is 0.0265. The summed E-state index contributed by atoms with van der Waals surface area (Å²) in [6, 6.07) is 0. The maximum absolute atomic E-state index is 12.7. The van der Waals surface area contributed by atoms with Gasteiger partial charge in [0.25, 0.3) is 0 Å². The molecule has 0 unspecified atom stereocenters. The van der Waals surface area contributed by atoms with Crippen LogP contribution in [0.3, 0.4) is 0 Å². The van der Waals surface area contributed by atoms with Gasteiger partial charge in [0.2, 0.25) is 0 Å². The normalized spacial score (nSPS) is 12.7. The van der Waals surface area contributed by atoms with E-state index in [9.17, 15) is 14.4 Å². The summed E-state index contributed by atoms with van der Waals surface area (Å²) in [5, 5.41) is 0. The van der Waals surface area contributed by atoms with Gasteiger partial charge in [-0.1, -0.05) is 190 Å². The Morgan fingerprint density at radius 1 is 0.368 bits per heavy atom. The highest BCUT2D eigenvalue weighted by molar-refractivity contribution is 5.71. The van der Waals surface area contributed by atoms with Gasteiger partial charge < -0.3 is 14.2 Å². The third-order valence-electron chi connectivity index (χ3n) is 9.70. The molecule has 0 rings (SSSR count). The Morgan fingerprint density at radius 3 is 1.21 bits per heavy atom. The number of carbonyl (C=O) groups excluding carboxylic acids is 3. The fraction of sp³-hybridized carbons (Fsp3) is 0.706. The Morgan fingerprint density at radius 2 is 0.719 bits per heavy atom. The van der Waals surface area contributed by atoms with Crippen LogP contribution in [0.1, 0.15) is 213 Å². The van der Waals surface area contributed by atoms with Gasteiger partial charge >= 0.3 is 17.9 Å². The third kappa shape index (κ3) is 43.8. The van der Waals surface area contributed by atoms with E-state index < -0.39 is 6.10 Å². The zero-order chi connectivity index (χ0) is 41.5. The monoisotopic (exact) mass is 795 g/mol. The average molecular weight is 795 g/mol. The summed E-state index contributed by atoms with van der Waals surface area (Å²) in [6.07, 6.45) is 56.0. The van der Waals surface area contributed by atoms with Crippen molar-refractivity contribution in [2.45, 2.75) is 219 Å². The van der Waals surface area contributed by atoms with Crippen molar-refractivity contribution in [2.75, 3.05) is 13.2 Å². The Kier molecular flexibility index (Phi) is 43.0. The van der Waals surface area contributed by atoms with E-state index in [2.05, 4.69) is 93.7 Å². The van der Waals surface area contributed by atoms with Gasteiger partial charge in [-0.25, -0.2) is 0 Å². The molecule has 0 bridgehead atoms. The van der Waals surface area contributed by atoms with Crippen LogP contribution in [0.25, 0.3) is 0 Å². The van der Waals surface area contributed by atoms with Crippen molar-refractivity contribution in [3.05, 3.63) is 72.9 Å². The summed E-state index contributed by atoms with van der Waals surface area (Å²) in [4.78, 5) is 37.7. The van der Waals surface area contributed by atoms with E-state index in [0.717, 1.165) is 89.9 Å². The van der Waals surface area contributed by atoms with Crippen molar-refractivity contribution in [1.29, 1.82) is 0 Å². The van der Waals surface area contributed by atoms with E-state index in [1.807, 2.05) is 0 Å². The van der Waals surface area contributed by atoms with Crippen LogP contribution in [0.4, 0.5) is 0 Å². The molecule has 6 heteroatoms. The summed E-state index contributed by atoms with van der Waals surface area (Å²) < 4.78 is 16.7. The maximum Gasteiger partial charge on any atom is 0.306 e. The van der Waals surface area contributed by atoms with Crippen molar-refractivity contribution in [3.8, 4) is 0 Å². The van der Waals surface area contributed by atoms with Crippen LogP contribution in [0.2, 0.25) is 0 Å². The number of ether oxygens (including phenoxy) is 3. The van der Waals surface area contributed by atoms with Crippen LogP contribution in [0, 0.1) is 0 Å². The molecule has 0 fully saturated rings. The summed E-state index contributed by atoms with van der Waals surface area (Å²) in [5.41, 5.74) is 0. The number of unbranched alkanes of at least 4 members (excludes halogenated alkanes) is 18. The summed E-state index contributed by atoms with van der Waals surface area (Å²) in [5.74, 6) is -0.971. The van der Waals surface area contributed by atoms with Gasteiger partial charge in [0.15, 0.2) is 6.10 Å². The minimum Gasteiger partial charge on any atom is -0.462 e. The largest absolute Gasteiger partial charge is 0.462 e. The molecule has 6 nitrogen and oxygen atoms in total. The van der Waals surface area contributed by atoms with Crippen LogP contribution in [-0.2, 0) is 28.6 Å². The van der Waals surface area contributed by atoms with Gasteiger partial charge in [0, 0.05) is 19.3 Å². The molecule has 326 valence electrons. The lowest BCUT2D eigenvalue weighted by atomic mass is 10.1. The number of hydrogen-bond acceptors (Lipinski definition) is 6. The average Bonchev–Trinajstić information content (AvgIpc) is 3.21. The van der Waals surface area contributed by atoms with Crippen LogP contribution in [0.5, 0.6) is 0 Å². The third-order valence-corrected chi connectivity index (χ3v) is 9.70. The minimum atomic E-state index is -0.797. The Bertz CT molecular complexity index is 1100. The van der Waals surface area contributed by atoms with Crippen LogP contribution in [0.15, 0.2) is 72.9 Å². The number of rotatable bonds is 41. The molecule has 0 saturated heterocycles. The smallest absolute Gasteiger partial charge is 0.306 e. The first-order valence-electron chi connectivity index (χ1n) is 23.4. The first kappa shape index (κ1) is 53.9. The molecule has 0 amide bonds. The number of esters is 3. The number of carbonyl (C=O) groups is 3. The molecule has 0 spiro atoms. The topological polar surface area (TPSA) is 78.9 Å². The van der Waals surface area contributed by atoms with Crippen molar-refractivity contribution < 1.29 is 28.6 Å². The fourth-order valence-electron chi connectivity index (χ4n) is 6.16. The van der Waals surface area contributed by atoms with E-state index in [1.165, 1.54) is 77.0 Å². The lowest BCUT2D eigenvalue weighted by Crippen LogP contribution is -2.30. The molecule has 0 radical (unpaired) electrons. The first-order valence-corrected chi connectivity index (χ1v) is 23.4. The van der Waals surface area contributed by atoms with E-state index in [0.29, 0.717) is 19.3 Å². The standard InChI is InChI=1S/C51H86O6/c1-4-7-10-13-16-19-22-23-24-25-26-27-30-32-35-38-41-44-50(53)56-47-48(57-51(54)45-42-39-36-33-29-21-18-15-12-9-6-3)46-55-49(52)43-40-37-34-31-28-20-17-14-11-8-5-2/h7,10,14,16-17,19,23-24,26-27,32,35,48H,4-6,8-9,11-13,15,18,20-22,25,28-31,33-34,36-47H2,1-3H3/b10-7-,17-14-,19-16-,24-23-,27-26-,35-32-/t48-/m0/s1. The highest BCUT2D eigenvalue weighted by Gasteiger charge is 2.19. The Hall–Kier alpha value is -3.15. The highest BCUT2D eigenvalue weighted by atomic mass is 16.6. The maximum atomic E-state index is 12.7. The molecule has 0 aromatic rings. The number of allylic oxidation sites excluding steroid dienone is 12. The van der Waals surface area contributed by atoms with Gasteiger partial charge in [-0.2, -0.15) is 0 Å². The summed E-state index contributed by atoms with van der Waals surface area (Å²) in [7, 11) is 0. The van der Waals surface area contributed by atoms with Crippen molar-refractivity contribution in [1.82, 2.24) is 0 Å². The van der Waals surface area contributed by atoms with Gasteiger partial charge in [0.05, 0.1) is 0 Å².